The quantitative estimate of drug-likeness (QED) is 0.784. The summed E-state index contributed by atoms with van der Waals surface area (Å²) in [4.78, 5) is 15.0. The summed E-state index contributed by atoms with van der Waals surface area (Å²) in [5.74, 6) is -0.405. The number of unbranched alkanes of at least 4 members (excludes halogenated alkanes) is 1. The van der Waals surface area contributed by atoms with Crippen molar-refractivity contribution < 1.29 is 9.90 Å². The fourth-order valence-electron chi connectivity index (χ4n) is 1.39. The topological polar surface area (TPSA) is 86.0 Å². The van der Waals surface area contributed by atoms with Crippen molar-refractivity contribution in [2.75, 3.05) is 5.32 Å². The highest BCUT2D eigenvalue weighted by Gasteiger charge is 2.16. The molecule has 0 aromatic carbocycles. The van der Waals surface area contributed by atoms with Crippen LogP contribution in [0.3, 0.4) is 0 Å². The Morgan fingerprint density at radius 1 is 1.65 bits per heavy atom. The Bertz CT molecular complexity index is 409. The van der Waals surface area contributed by atoms with Crippen LogP contribution in [-0.2, 0) is 4.79 Å². The van der Waals surface area contributed by atoms with Gasteiger partial charge < -0.3 is 10.4 Å². The molecular weight excluding hydrogens is 218 g/mol. The van der Waals surface area contributed by atoms with Gasteiger partial charge in [0.2, 0.25) is 0 Å². The van der Waals surface area contributed by atoms with E-state index in [0.717, 1.165) is 12.8 Å². The van der Waals surface area contributed by atoms with Gasteiger partial charge in [0.1, 0.15) is 17.9 Å². The summed E-state index contributed by atoms with van der Waals surface area (Å²) in [5.41, 5.74) is 0.455. The lowest BCUT2D eigenvalue weighted by atomic mass is 10.1. The summed E-state index contributed by atoms with van der Waals surface area (Å²) < 4.78 is 0. The first-order valence-corrected chi connectivity index (χ1v) is 5.53. The number of carbonyl (C=O) groups is 1. The Morgan fingerprint density at radius 2 is 2.41 bits per heavy atom. The summed E-state index contributed by atoms with van der Waals surface area (Å²) in [6, 6.07) is 4.55. The van der Waals surface area contributed by atoms with E-state index in [0.29, 0.717) is 17.8 Å². The summed E-state index contributed by atoms with van der Waals surface area (Å²) in [6.45, 7) is 2.01. The third-order valence-electron chi connectivity index (χ3n) is 2.36. The number of carboxylic acids is 1. The average molecular weight is 233 g/mol. The summed E-state index contributed by atoms with van der Waals surface area (Å²) in [6.07, 6.45) is 3.78. The number of nitrogens with one attached hydrogen (secondary N) is 1. The number of hydrogen-bond acceptors (Lipinski definition) is 4. The highest BCUT2D eigenvalue weighted by molar-refractivity contribution is 5.76. The number of rotatable bonds is 6. The molecule has 0 spiro atoms. The van der Waals surface area contributed by atoms with Gasteiger partial charge in [-0.05, 0) is 18.6 Å². The Hall–Kier alpha value is -2.09. The van der Waals surface area contributed by atoms with Gasteiger partial charge in [0.15, 0.2) is 0 Å². The van der Waals surface area contributed by atoms with Gasteiger partial charge in [0.25, 0.3) is 0 Å². The second-order valence-electron chi connectivity index (χ2n) is 3.72. The molecule has 0 aliphatic heterocycles. The van der Waals surface area contributed by atoms with Crippen LogP contribution in [0.4, 0.5) is 5.82 Å². The first-order valence-electron chi connectivity index (χ1n) is 5.53. The second kappa shape index (κ2) is 6.48. The number of aromatic nitrogens is 1. The molecule has 90 valence electrons. The molecule has 1 heterocycles. The lowest BCUT2D eigenvalue weighted by molar-refractivity contribution is -0.138. The first-order chi connectivity index (χ1) is 8.17. The predicted molar refractivity (Wildman–Crippen MR) is 63.5 cm³/mol. The minimum Gasteiger partial charge on any atom is -0.480 e. The number of hydrogen-bond donors (Lipinski definition) is 2. The van der Waals surface area contributed by atoms with Crippen LogP contribution in [0, 0.1) is 11.3 Å². The number of anilines is 1. The Morgan fingerprint density at radius 3 is 2.88 bits per heavy atom. The average Bonchev–Trinajstić information content (AvgIpc) is 2.35. The molecule has 0 aliphatic carbocycles. The van der Waals surface area contributed by atoms with Crippen LogP contribution in [0.1, 0.15) is 31.7 Å². The summed E-state index contributed by atoms with van der Waals surface area (Å²) in [5, 5.41) is 20.5. The van der Waals surface area contributed by atoms with Gasteiger partial charge in [-0.15, -0.1) is 0 Å². The molecule has 5 nitrogen and oxygen atoms in total. The summed E-state index contributed by atoms with van der Waals surface area (Å²) >= 11 is 0. The zero-order valence-corrected chi connectivity index (χ0v) is 9.68. The standard InChI is InChI=1S/C12H15N3O2/c1-2-3-4-10(12(16)17)15-11-6-5-9(7-13)8-14-11/h5-6,8,10H,2-4H2,1H3,(H,14,15)(H,16,17)/t10-/m0/s1. The van der Waals surface area contributed by atoms with Gasteiger partial charge in [0, 0.05) is 6.20 Å². The van der Waals surface area contributed by atoms with Crippen molar-refractivity contribution in [2.45, 2.75) is 32.2 Å². The molecule has 2 N–H and O–H groups in total. The van der Waals surface area contributed by atoms with E-state index in [1.54, 1.807) is 12.1 Å². The largest absolute Gasteiger partial charge is 0.480 e. The smallest absolute Gasteiger partial charge is 0.326 e. The number of nitriles is 1. The van der Waals surface area contributed by atoms with Crippen LogP contribution in [0.2, 0.25) is 0 Å². The van der Waals surface area contributed by atoms with Gasteiger partial charge in [0.05, 0.1) is 5.56 Å². The molecule has 0 saturated carbocycles. The minimum absolute atomic E-state index is 0.455. The van der Waals surface area contributed by atoms with Crippen LogP contribution in [0.5, 0.6) is 0 Å². The highest BCUT2D eigenvalue weighted by Crippen LogP contribution is 2.10. The lowest BCUT2D eigenvalue weighted by Crippen LogP contribution is -2.29. The number of nitrogens with zero attached hydrogens (tertiary/aromatic N) is 2. The normalized spacial score (nSPS) is 11.5. The molecule has 0 amide bonds. The third-order valence-corrected chi connectivity index (χ3v) is 2.36. The molecule has 1 rings (SSSR count). The monoisotopic (exact) mass is 233 g/mol. The van der Waals surface area contributed by atoms with Crippen molar-refractivity contribution in [1.29, 1.82) is 5.26 Å². The van der Waals surface area contributed by atoms with E-state index in [1.807, 2.05) is 13.0 Å². The van der Waals surface area contributed by atoms with Crippen LogP contribution in [0.15, 0.2) is 18.3 Å². The van der Waals surface area contributed by atoms with Crippen molar-refractivity contribution >= 4 is 11.8 Å². The molecule has 0 aliphatic rings. The van der Waals surface area contributed by atoms with E-state index >= 15 is 0 Å². The van der Waals surface area contributed by atoms with Crippen molar-refractivity contribution in [3.63, 3.8) is 0 Å². The van der Waals surface area contributed by atoms with E-state index in [2.05, 4.69) is 10.3 Å². The number of aliphatic carboxylic acids is 1. The van der Waals surface area contributed by atoms with E-state index < -0.39 is 12.0 Å². The van der Waals surface area contributed by atoms with Crippen LogP contribution in [0.25, 0.3) is 0 Å². The molecule has 1 atom stereocenters. The van der Waals surface area contributed by atoms with E-state index in [9.17, 15) is 4.79 Å². The predicted octanol–water partition coefficient (Wildman–Crippen LogP) is 2.01. The van der Waals surface area contributed by atoms with Crippen molar-refractivity contribution in [3.05, 3.63) is 23.9 Å². The first kappa shape index (κ1) is 13.0. The van der Waals surface area contributed by atoms with Crippen molar-refractivity contribution in [3.8, 4) is 6.07 Å². The Labute approximate surface area is 100 Å². The minimum atomic E-state index is -0.885. The zero-order valence-electron chi connectivity index (χ0n) is 9.68. The fourth-order valence-corrected chi connectivity index (χ4v) is 1.39. The SMILES string of the molecule is CCCC[C@H](Nc1ccc(C#N)cn1)C(=O)O. The maximum atomic E-state index is 11.0. The van der Waals surface area contributed by atoms with Crippen LogP contribution < -0.4 is 5.32 Å². The number of pyridine rings is 1. The summed E-state index contributed by atoms with van der Waals surface area (Å²) in [7, 11) is 0. The molecule has 1 aromatic rings. The molecule has 5 heteroatoms. The van der Waals surface area contributed by atoms with E-state index in [4.69, 9.17) is 10.4 Å². The fraction of sp³-hybridized carbons (Fsp3) is 0.417. The molecule has 0 unspecified atom stereocenters. The van der Waals surface area contributed by atoms with Crippen LogP contribution >= 0.6 is 0 Å². The third kappa shape index (κ3) is 4.11. The molecule has 0 saturated heterocycles. The number of carboxylic acid groups (broad SMARTS) is 1. The van der Waals surface area contributed by atoms with E-state index in [1.165, 1.54) is 6.20 Å². The van der Waals surface area contributed by atoms with Gasteiger partial charge >= 0.3 is 5.97 Å². The maximum Gasteiger partial charge on any atom is 0.326 e. The molecular formula is C12H15N3O2. The van der Waals surface area contributed by atoms with Gasteiger partial charge in [-0.1, -0.05) is 19.8 Å². The van der Waals surface area contributed by atoms with Crippen molar-refractivity contribution in [2.24, 2.45) is 0 Å². The second-order valence-corrected chi connectivity index (χ2v) is 3.72. The zero-order chi connectivity index (χ0) is 12.7. The molecule has 1 aromatic heterocycles. The maximum absolute atomic E-state index is 11.0. The van der Waals surface area contributed by atoms with E-state index in [-0.39, 0.29) is 0 Å². The lowest BCUT2D eigenvalue weighted by Gasteiger charge is -2.14. The van der Waals surface area contributed by atoms with Crippen molar-refractivity contribution in [1.82, 2.24) is 4.98 Å². The molecule has 17 heavy (non-hydrogen) atoms. The van der Waals surface area contributed by atoms with Gasteiger partial charge in [-0.25, -0.2) is 9.78 Å². The highest BCUT2D eigenvalue weighted by atomic mass is 16.4. The Balaban J connectivity index is 2.65. The van der Waals surface area contributed by atoms with Gasteiger partial charge in [-0.2, -0.15) is 5.26 Å². The van der Waals surface area contributed by atoms with Gasteiger partial charge in [-0.3, -0.25) is 0 Å². The Kier molecular flexibility index (Phi) is 4.95. The molecule has 0 radical (unpaired) electrons. The molecule has 0 bridgehead atoms. The van der Waals surface area contributed by atoms with Crippen LogP contribution in [-0.4, -0.2) is 22.1 Å². The molecule has 0 fully saturated rings.